The molecule has 0 heterocycles. The Morgan fingerprint density at radius 2 is 1.48 bits per heavy atom. The lowest BCUT2D eigenvalue weighted by molar-refractivity contribution is -0.142. The van der Waals surface area contributed by atoms with Crippen molar-refractivity contribution in [2.24, 2.45) is 0 Å². The summed E-state index contributed by atoms with van der Waals surface area (Å²) in [4.78, 5) is 36.3. The van der Waals surface area contributed by atoms with Gasteiger partial charge in [0.25, 0.3) is 0 Å². The van der Waals surface area contributed by atoms with E-state index in [1.807, 2.05) is 67.6 Å². The zero-order chi connectivity index (χ0) is 21.1. The molecular formula is C22H26N2O5. The number of ether oxygens (including phenoxy) is 1. The predicted octanol–water partition coefficient (Wildman–Crippen LogP) is 2.89. The van der Waals surface area contributed by atoms with Crippen molar-refractivity contribution in [2.75, 3.05) is 0 Å². The van der Waals surface area contributed by atoms with Gasteiger partial charge in [-0.25, -0.2) is 9.59 Å². The Morgan fingerprint density at radius 1 is 0.897 bits per heavy atom. The minimum atomic E-state index is -1.11. The number of carboxylic acids is 1. The van der Waals surface area contributed by atoms with E-state index in [-0.39, 0.29) is 13.0 Å². The molecule has 2 amide bonds. The molecule has 7 heteroatoms. The third-order valence-corrected chi connectivity index (χ3v) is 4.30. The largest absolute Gasteiger partial charge is 0.480 e. The SMILES string of the molecule is CCC[C@@H](NC(=O)[C@@H](Cc1ccccc1)NC(=O)OCc1ccccc1)C(=O)O. The monoisotopic (exact) mass is 398 g/mol. The maximum atomic E-state index is 12.7. The number of hydrogen-bond acceptors (Lipinski definition) is 4. The molecule has 0 aliphatic carbocycles. The average Bonchev–Trinajstić information content (AvgIpc) is 2.73. The lowest BCUT2D eigenvalue weighted by Crippen LogP contribution is -2.52. The summed E-state index contributed by atoms with van der Waals surface area (Å²) in [6, 6.07) is 16.4. The second-order valence-corrected chi connectivity index (χ2v) is 6.64. The van der Waals surface area contributed by atoms with Gasteiger partial charge in [0.1, 0.15) is 18.7 Å². The molecule has 2 rings (SSSR count). The zero-order valence-corrected chi connectivity index (χ0v) is 16.3. The average molecular weight is 398 g/mol. The van der Waals surface area contributed by atoms with Crippen LogP contribution in [-0.2, 0) is 27.4 Å². The minimum Gasteiger partial charge on any atom is -0.480 e. The van der Waals surface area contributed by atoms with Crippen molar-refractivity contribution in [2.45, 2.75) is 44.9 Å². The normalized spacial score (nSPS) is 12.4. The molecule has 7 nitrogen and oxygen atoms in total. The summed E-state index contributed by atoms with van der Waals surface area (Å²) >= 11 is 0. The van der Waals surface area contributed by atoms with Crippen LogP contribution in [0.4, 0.5) is 4.79 Å². The summed E-state index contributed by atoms with van der Waals surface area (Å²) in [5.74, 6) is -1.67. The molecule has 0 aliphatic rings. The molecule has 0 spiro atoms. The van der Waals surface area contributed by atoms with Gasteiger partial charge in [-0.3, -0.25) is 4.79 Å². The Labute approximate surface area is 170 Å². The molecule has 154 valence electrons. The van der Waals surface area contributed by atoms with Gasteiger partial charge in [0.15, 0.2) is 0 Å². The molecule has 2 atom stereocenters. The van der Waals surface area contributed by atoms with E-state index in [9.17, 15) is 19.5 Å². The second-order valence-electron chi connectivity index (χ2n) is 6.64. The Kier molecular flexibility index (Phi) is 8.69. The molecule has 0 bridgehead atoms. The van der Waals surface area contributed by atoms with Crippen LogP contribution in [-0.4, -0.2) is 35.2 Å². The first kappa shape index (κ1) is 21.9. The maximum absolute atomic E-state index is 12.7. The second kappa shape index (κ2) is 11.5. The molecule has 2 aromatic rings. The van der Waals surface area contributed by atoms with Crippen LogP contribution in [0.1, 0.15) is 30.9 Å². The molecule has 0 aliphatic heterocycles. The Morgan fingerprint density at radius 3 is 2.03 bits per heavy atom. The molecule has 2 aromatic carbocycles. The summed E-state index contributed by atoms with van der Waals surface area (Å²) in [6.07, 6.45) is 0.378. The number of carbonyl (C=O) groups excluding carboxylic acids is 2. The van der Waals surface area contributed by atoms with E-state index in [0.717, 1.165) is 11.1 Å². The Hall–Kier alpha value is -3.35. The van der Waals surface area contributed by atoms with Crippen LogP contribution in [0.15, 0.2) is 60.7 Å². The summed E-state index contributed by atoms with van der Waals surface area (Å²) in [5.41, 5.74) is 1.65. The first-order valence-electron chi connectivity index (χ1n) is 9.54. The third kappa shape index (κ3) is 7.65. The van der Waals surface area contributed by atoms with Crippen molar-refractivity contribution in [1.82, 2.24) is 10.6 Å². The zero-order valence-electron chi connectivity index (χ0n) is 16.3. The number of amides is 2. The fourth-order valence-electron chi connectivity index (χ4n) is 2.78. The summed E-state index contributed by atoms with van der Waals surface area (Å²) in [5, 5.41) is 14.4. The number of nitrogens with one attached hydrogen (secondary N) is 2. The highest BCUT2D eigenvalue weighted by molar-refractivity contribution is 5.89. The van der Waals surface area contributed by atoms with Crippen molar-refractivity contribution in [1.29, 1.82) is 0 Å². The highest BCUT2D eigenvalue weighted by Crippen LogP contribution is 2.07. The number of hydrogen-bond donors (Lipinski definition) is 3. The van der Waals surface area contributed by atoms with Crippen LogP contribution in [0.5, 0.6) is 0 Å². The van der Waals surface area contributed by atoms with Crippen molar-refractivity contribution < 1.29 is 24.2 Å². The van der Waals surface area contributed by atoms with Gasteiger partial charge in [0.2, 0.25) is 5.91 Å². The van der Waals surface area contributed by atoms with Gasteiger partial charge in [-0.1, -0.05) is 74.0 Å². The number of carbonyl (C=O) groups is 3. The number of alkyl carbamates (subject to hydrolysis) is 1. The van der Waals surface area contributed by atoms with E-state index >= 15 is 0 Å². The van der Waals surface area contributed by atoms with E-state index in [1.165, 1.54) is 0 Å². The molecule has 0 radical (unpaired) electrons. The minimum absolute atomic E-state index is 0.0694. The first-order valence-corrected chi connectivity index (χ1v) is 9.54. The van der Waals surface area contributed by atoms with Crippen LogP contribution < -0.4 is 10.6 Å². The Balaban J connectivity index is 2.04. The van der Waals surface area contributed by atoms with Crippen LogP contribution >= 0.6 is 0 Å². The van der Waals surface area contributed by atoms with E-state index in [4.69, 9.17) is 4.74 Å². The third-order valence-electron chi connectivity index (χ3n) is 4.30. The van der Waals surface area contributed by atoms with E-state index in [2.05, 4.69) is 10.6 Å². The molecule has 0 unspecified atom stereocenters. The quantitative estimate of drug-likeness (QED) is 0.571. The molecular weight excluding hydrogens is 372 g/mol. The number of benzene rings is 2. The first-order chi connectivity index (χ1) is 14.0. The standard InChI is InChI=1S/C22H26N2O5/c1-2-9-18(21(26)27)23-20(25)19(14-16-10-5-3-6-11-16)24-22(28)29-15-17-12-7-4-8-13-17/h3-8,10-13,18-19H,2,9,14-15H2,1H3,(H,23,25)(H,24,28)(H,26,27)/t18-,19-/m1/s1. The lowest BCUT2D eigenvalue weighted by Gasteiger charge is -2.21. The van der Waals surface area contributed by atoms with Crippen LogP contribution in [0.3, 0.4) is 0 Å². The van der Waals surface area contributed by atoms with Crippen LogP contribution in [0, 0.1) is 0 Å². The molecule has 29 heavy (non-hydrogen) atoms. The van der Waals surface area contributed by atoms with Crippen LogP contribution in [0.2, 0.25) is 0 Å². The topological polar surface area (TPSA) is 105 Å². The number of aliphatic carboxylic acids is 1. The van der Waals surface area contributed by atoms with Crippen molar-refractivity contribution in [3.05, 3.63) is 71.8 Å². The predicted molar refractivity (Wildman–Crippen MR) is 108 cm³/mol. The van der Waals surface area contributed by atoms with Gasteiger partial charge in [-0.05, 0) is 17.5 Å². The fourth-order valence-corrected chi connectivity index (χ4v) is 2.78. The maximum Gasteiger partial charge on any atom is 0.408 e. The van der Waals surface area contributed by atoms with Crippen molar-refractivity contribution in [3.63, 3.8) is 0 Å². The molecule has 0 saturated carbocycles. The molecule has 0 fully saturated rings. The van der Waals surface area contributed by atoms with Crippen molar-refractivity contribution >= 4 is 18.0 Å². The molecule has 3 N–H and O–H groups in total. The fraction of sp³-hybridized carbons (Fsp3) is 0.318. The molecule has 0 saturated heterocycles. The van der Waals surface area contributed by atoms with Gasteiger partial charge in [-0.2, -0.15) is 0 Å². The smallest absolute Gasteiger partial charge is 0.408 e. The van der Waals surface area contributed by atoms with E-state index < -0.39 is 30.1 Å². The van der Waals surface area contributed by atoms with Gasteiger partial charge < -0.3 is 20.5 Å². The van der Waals surface area contributed by atoms with Gasteiger partial charge in [0.05, 0.1) is 0 Å². The lowest BCUT2D eigenvalue weighted by atomic mass is 10.0. The summed E-state index contributed by atoms with van der Waals surface area (Å²) < 4.78 is 5.20. The van der Waals surface area contributed by atoms with Gasteiger partial charge in [0, 0.05) is 6.42 Å². The highest BCUT2D eigenvalue weighted by Gasteiger charge is 2.26. The van der Waals surface area contributed by atoms with Gasteiger partial charge >= 0.3 is 12.1 Å². The highest BCUT2D eigenvalue weighted by atomic mass is 16.5. The van der Waals surface area contributed by atoms with Crippen molar-refractivity contribution in [3.8, 4) is 0 Å². The Bertz CT molecular complexity index is 795. The summed E-state index contributed by atoms with van der Waals surface area (Å²) in [6.45, 7) is 1.91. The number of carboxylic acid groups (broad SMARTS) is 1. The van der Waals surface area contributed by atoms with Crippen LogP contribution in [0.25, 0.3) is 0 Å². The number of rotatable bonds is 10. The van der Waals surface area contributed by atoms with Gasteiger partial charge in [-0.15, -0.1) is 0 Å². The van der Waals surface area contributed by atoms with E-state index in [0.29, 0.717) is 12.8 Å². The summed E-state index contributed by atoms with van der Waals surface area (Å²) in [7, 11) is 0. The van der Waals surface area contributed by atoms with E-state index in [1.54, 1.807) is 0 Å². The molecule has 0 aromatic heterocycles.